The number of ether oxygens (including phenoxy) is 1. The van der Waals surface area contributed by atoms with Crippen molar-refractivity contribution in [1.29, 1.82) is 0 Å². The van der Waals surface area contributed by atoms with E-state index in [1.165, 1.54) is 4.90 Å². The number of nitrogens with zero attached hydrogens (tertiary/aromatic N) is 1. The molecule has 1 aliphatic heterocycles. The Morgan fingerprint density at radius 2 is 2.14 bits per heavy atom. The van der Waals surface area contributed by atoms with Crippen molar-refractivity contribution in [3.05, 3.63) is 23.8 Å². The van der Waals surface area contributed by atoms with Crippen LogP contribution in [0.1, 0.15) is 32.8 Å². The molecule has 0 aliphatic carbocycles. The van der Waals surface area contributed by atoms with Crippen LogP contribution in [0.25, 0.3) is 0 Å². The Kier molecular flexibility index (Phi) is 4.50. The van der Waals surface area contributed by atoms with E-state index in [1.54, 1.807) is 6.92 Å². The van der Waals surface area contributed by atoms with Gasteiger partial charge in [-0.25, -0.2) is 0 Å². The molecule has 0 saturated heterocycles. The minimum atomic E-state index is -0.559. The molecule has 0 fully saturated rings. The van der Waals surface area contributed by atoms with Gasteiger partial charge in [-0.05, 0) is 44.9 Å². The third kappa shape index (κ3) is 3.17. The minimum absolute atomic E-state index is 0.0307. The molecule has 2 amide bonds. The number of carbonyl (C=O) groups is 2. The molecule has 5 heteroatoms. The summed E-state index contributed by atoms with van der Waals surface area (Å²) in [6.45, 7) is 7.61. The summed E-state index contributed by atoms with van der Waals surface area (Å²) in [6, 6.07) is 5.17. The van der Waals surface area contributed by atoms with E-state index in [0.717, 1.165) is 12.0 Å². The third-order valence-electron chi connectivity index (χ3n) is 3.76. The number of hydrogen-bond donors (Lipinski definition) is 1. The fourth-order valence-electron chi connectivity index (χ4n) is 2.29. The van der Waals surface area contributed by atoms with Crippen molar-refractivity contribution < 1.29 is 14.3 Å². The minimum Gasteiger partial charge on any atom is -0.482 e. The number of anilines is 1. The molecule has 1 heterocycles. The average Bonchev–Trinajstić information content (AvgIpc) is 2.46. The van der Waals surface area contributed by atoms with E-state index in [4.69, 9.17) is 4.74 Å². The number of nitrogens with one attached hydrogen (secondary N) is 1. The quantitative estimate of drug-likeness (QED) is 0.923. The highest BCUT2D eigenvalue weighted by molar-refractivity contribution is 6.03. The van der Waals surface area contributed by atoms with Gasteiger partial charge in [-0.1, -0.05) is 13.0 Å². The number of carbonyl (C=O) groups excluding carboxylic acids is 2. The summed E-state index contributed by atoms with van der Waals surface area (Å²) in [5.74, 6) is 0.301. The molecule has 2 atom stereocenters. The predicted molar refractivity (Wildman–Crippen MR) is 81.5 cm³/mol. The van der Waals surface area contributed by atoms with Crippen LogP contribution in [0.4, 0.5) is 5.69 Å². The van der Waals surface area contributed by atoms with Gasteiger partial charge in [0.1, 0.15) is 11.8 Å². The van der Waals surface area contributed by atoms with Gasteiger partial charge >= 0.3 is 0 Å². The second kappa shape index (κ2) is 6.16. The maximum Gasteiger partial charge on any atom is 0.265 e. The Morgan fingerprint density at radius 3 is 2.81 bits per heavy atom. The number of rotatable bonds is 4. The van der Waals surface area contributed by atoms with Crippen molar-refractivity contribution in [1.82, 2.24) is 5.32 Å². The molecule has 114 valence electrons. The van der Waals surface area contributed by atoms with Crippen molar-refractivity contribution >= 4 is 17.5 Å². The SMILES string of the molecule is CC[C@@H](C)NC(=O)[C@@H](C)N1C(=O)COc2ccc(C)cc21. The number of benzene rings is 1. The van der Waals surface area contributed by atoms with Crippen LogP contribution in [0, 0.1) is 6.92 Å². The van der Waals surface area contributed by atoms with Gasteiger partial charge in [0.2, 0.25) is 5.91 Å². The predicted octanol–water partition coefficient (Wildman–Crippen LogP) is 2.02. The zero-order valence-electron chi connectivity index (χ0n) is 13.0. The molecule has 1 aromatic rings. The first-order valence-corrected chi connectivity index (χ1v) is 7.30. The molecule has 0 aromatic heterocycles. The van der Waals surface area contributed by atoms with Gasteiger partial charge in [-0.3, -0.25) is 14.5 Å². The van der Waals surface area contributed by atoms with Crippen molar-refractivity contribution in [2.45, 2.75) is 46.2 Å². The molecule has 1 aliphatic rings. The highest BCUT2D eigenvalue weighted by atomic mass is 16.5. The van der Waals surface area contributed by atoms with E-state index < -0.39 is 6.04 Å². The van der Waals surface area contributed by atoms with Crippen LogP contribution in [0.2, 0.25) is 0 Å². The summed E-state index contributed by atoms with van der Waals surface area (Å²) in [5.41, 5.74) is 1.68. The molecular formula is C16H22N2O3. The Labute approximate surface area is 125 Å². The number of amides is 2. The Balaban J connectivity index is 2.28. The largest absolute Gasteiger partial charge is 0.482 e. The van der Waals surface area contributed by atoms with Crippen molar-refractivity contribution in [3.8, 4) is 5.75 Å². The smallest absolute Gasteiger partial charge is 0.265 e. The molecular weight excluding hydrogens is 268 g/mol. The maximum absolute atomic E-state index is 12.3. The fraction of sp³-hybridized carbons (Fsp3) is 0.500. The van der Waals surface area contributed by atoms with Crippen LogP contribution in [0.3, 0.4) is 0 Å². The molecule has 0 radical (unpaired) electrons. The van der Waals surface area contributed by atoms with Crippen LogP contribution in [0.5, 0.6) is 5.75 Å². The monoisotopic (exact) mass is 290 g/mol. The normalized spacial score (nSPS) is 16.8. The second-order valence-corrected chi connectivity index (χ2v) is 5.52. The number of hydrogen-bond acceptors (Lipinski definition) is 3. The lowest BCUT2D eigenvalue weighted by atomic mass is 10.1. The number of aryl methyl sites for hydroxylation is 1. The standard InChI is InChI=1S/C16H22N2O3/c1-5-11(3)17-16(20)12(4)18-13-8-10(2)6-7-14(13)21-9-15(18)19/h6-8,11-12H,5,9H2,1-4H3,(H,17,20)/t11-,12-/m1/s1. The second-order valence-electron chi connectivity index (χ2n) is 5.52. The van der Waals surface area contributed by atoms with Gasteiger partial charge in [0.15, 0.2) is 6.61 Å². The molecule has 5 nitrogen and oxygen atoms in total. The van der Waals surface area contributed by atoms with Crippen LogP contribution in [-0.4, -0.2) is 30.5 Å². The van der Waals surface area contributed by atoms with Crippen molar-refractivity contribution in [3.63, 3.8) is 0 Å². The van der Waals surface area contributed by atoms with E-state index in [1.807, 2.05) is 39.0 Å². The van der Waals surface area contributed by atoms with Gasteiger partial charge in [0.25, 0.3) is 5.91 Å². The molecule has 0 unspecified atom stereocenters. The van der Waals surface area contributed by atoms with Gasteiger partial charge in [-0.15, -0.1) is 0 Å². The average molecular weight is 290 g/mol. The van der Waals surface area contributed by atoms with Crippen LogP contribution >= 0.6 is 0 Å². The van der Waals surface area contributed by atoms with E-state index in [2.05, 4.69) is 5.32 Å². The topological polar surface area (TPSA) is 58.6 Å². The summed E-state index contributed by atoms with van der Waals surface area (Å²) < 4.78 is 5.43. The molecule has 1 N–H and O–H groups in total. The summed E-state index contributed by atoms with van der Waals surface area (Å²) in [4.78, 5) is 26.0. The van der Waals surface area contributed by atoms with Crippen LogP contribution in [-0.2, 0) is 9.59 Å². The van der Waals surface area contributed by atoms with Gasteiger partial charge in [0, 0.05) is 6.04 Å². The number of fused-ring (bicyclic) bond motifs is 1. The van der Waals surface area contributed by atoms with Crippen LogP contribution < -0.4 is 15.0 Å². The van der Waals surface area contributed by atoms with E-state index in [9.17, 15) is 9.59 Å². The van der Waals surface area contributed by atoms with E-state index in [-0.39, 0.29) is 24.5 Å². The Hall–Kier alpha value is -2.04. The van der Waals surface area contributed by atoms with Crippen molar-refractivity contribution in [2.75, 3.05) is 11.5 Å². The highest BCUT2D eigenvalue weighted by Crippen LogP contribution is 2.34. The first-order chi connectivity index (χ1) is 9.93. The van der Waals surface area contributed by atoms with Gasteiger partial charge in [-0.2, -0.15) is 0 Å². The molecule has 0 bridgehead atoms. The summed E-state index contributed by atoms with van der Waals surface area (Å²) in [5, 5.41) is 2.92. The lowest BCUT2D eigenvalue weighted by molar-refractivity contribution is -0.127. The first-order valence-electron chi connectivity index (χ1n) is 7.30. The van der Waals surface area contributed by atoms with E-state index in [0.29, 0.717) is 11.4 Å². The van der Waals surface area contributed by atoms with Crippen molar-refractivity contribution in [2.24, 2.45) is 0 Å². The molecule has 21 heavy (non-hydrogen) atoms. The fourth-order valence-corrected chi connectivity index (χ4v) is 2.29. The zero-order valence-corrected chi connectivity index (χ0v) is 13.0. The maximum atomic E-state index is 12.3. The zero-order chi connectivity index (χ0) is 15.6. The third-order valence-corrected chi connectivity index (χ3v) is 3.76. The van der Waals surface area contributed by atoms with Gasteiger partial charge in [0.05, 0.1) is 5.69 Å². The molecule has 2 rings (SSSR count). The summed E-state index contributed by atoms with van der Waals surface area (Å²) >= 11 is 0. The van der Waals surface area contributed by atoms with Crippen LogP contribution in [0.15, 0.2) is 18.2 Å². The summed E-state index contributed by atoms with van der Waals surface area (Å²) in [7, 11) is 0. The Morgan fingerprint density at radius 1 is 1.43 bits per heavy atom. The summed E-state index contributed by atoms with van der Waals surface area (Å²) in [6.07, 6.45) is 0.852. The molecule has 1 aromatic carbocycles. The van der Waals surface area contributed by atoms with Gasteiger partial charge < -0.3 is 10.1 Å². The Bertz CT molecular complexity index is 556. The lowest BCUT2D eigenvalue weighted by Gasteiger charge is -2.34. The molecule has 0 spiro atoms. The van der Waals surface area contributed by atoms with E-state index >= 15 is 0 Å². The first kappa shape index (κ1) is 15.4. The molecule has 0 saturated carbocycles. The highest BCUT2D eigenvalue weighted by Gasteiger charge is 2.33. The lowest BCUT2D eigenvalue weighted by Crippen LogP contribution is -2.52.